The fourth-order valence-electron chi connectivity index (χ4n) is 4.27. The highest BCUT2D eigenvalue weighted by Crippen LogP contribution is 2.38. The summed E-state index contributed by atoms with van der Waals surface area (Å²) in [7, 11) is 0. The van der Waals surface area contributed by atoms with Crippen LogP contribution in [0.4, 0.5) is 10.7 Å². The predicted molar refractivity (Wildman–Crippen MR) is 119 cm³/mol. The maximum atomic E-state index is 13.1. The van der Waals surface area contributed by atoms with Gasteiger partial charge >= 0.3 is 0 Å². The summed E-state index contributed by atoms with van der Waals surface area (Å²) in [5, 5.41) is 6.80. The molecule has 1 aromatic carbocycles. The first-order valence-electron chi connectivity index (χ1n) is 10.7. The van der Waals surface area contributed by atoms with E-state index < -0.39 is 0 Å². The minimum Gasteiger partial charge on any atom is -0.322 e. The van der Waals surface area contributed by atoms with Crippen LogP contribution in [0.3, 0.4) is 0 Å². The van der Waals surface area contributed by atoms with Crippen LogP contribution in [0.1, 0.15) is 59.3 Å². The normalized spacial score (nSPS) is 17.2. The second-order valence-electron chi connectivity index (χ2n) is 7.97. The lowest BCUT2D eigenvalue weighted by Gasteiger charge is -2.19. The van der Waals surface area contributed by atoms with E-state index in [2.05, 4.69) is 15.5 Å². The van der Waals surface area contributed by atoms with Gasteiger partial charge < -0.3 is 10.6 Å². The lowest BCUT2D eigenvalue weighted by Crippen LogP contribution is -2.34. The zero-order valence-electron chi connectivity index (χ0n) is 16.8. The number of nitrogens with zero attached hydrogens (tertiary/aromatic N) is 1. The highest BCUT2D eigenvalue weighted by Gasteiger charge is 2.27. The highest BCUT2D eigenvalue weighted by molar-refractivity contribution is 7.17. The Bertz CT molecular complexity index is 855. The van der Waals surface area contributed by atoms with Crippen LogP contribution in [-0.4, -0.2) is 36.3 Å². The molecular weight excluding hydrogens is 382 g/mol. The van der Waals surface area contributed by atoms with Gasteiger partial charge in [-0.3, -0.25) is 14.5 Å². The molecule has 0 bridgehead atoms. The number of hydrogen-bond donors (Lipinski definition) is 2. The van der Waals surface area contributed by atoms with Crippen molar-refractivity contribution >= 4 is 33.8 Å². The molecule has 154 valence electrons. The molecule has 1 fully saturated rings. The van der Waals surface area contributed by atoms with Crippen LogP contribution in [0.2, 0.25) is 0 Å². The molecule has 29 heavy (non-hydrogen) atoms. The number of anilines is 2. The Morgan fingerprint density at radius 1 is 0.897 bits per heavy atom. The summed E-state index contributed by atoms with van der Waals surface area (Å²) in [4.78, 5) is 29.4. The first-order valence-corrected chi connectivity index (χ1v) is 11.6. The lowest BCUT2D eigenvalue weighted by molar-refractivity contribution is -0.117. The quantitative estimate of drug-likeness (QED) is 0.750. The first-order chi connectivity index (χ1) is 14.2. The molecule has 1 aliphatic heterocycles. The largest absolute Gasteiger partial charge is 0.322 e. The molecule has 0 spiro atoms. The Morgan fingerprint density at radius 2 is 1.62 bits per heavy atom. The van der Waals surface area contributed by atoms with E-state index in [0.717, 1.165) is 62.9 Å². The van der Waals surface area contributed by atoms with Crippen molar-refractivity contribution in [2.24, 2.45) is 0 Å². The van der Waals surface area contributed by atoms with Crippen molar-refractivity contribution in [2.45, 2.75) is 51.4 Å². The molecule has 6 heteroatoms. The van der Waals surface area contributed by atoms with Crippen molar-refractivity contribution in [3.05, 3.63) is 46.3 Å². The number of nitrogens with one attached hydrogen (secondary N) is 2. The maximum absolute atomic E-state index is 13.1. The number of aryl methyl sites for hydroxylation is 1. The molecule has 2 amide bonds. The first kappa shape index (κ1) is 20.1. The Morgan fingerprint density at radius 3 is 2.38 bits per heavy atom. The molecule has 2 heterocycles. The number of carbonyl (C=O) groups excluding carboxylic acids is 2. The standard InChI is InChI=1S/C23H29N3O2S/c27-20(16-26-14-8-1-2-9-15-26)25-23-21(18-12-6-7-13-19(18)29-23)22(28)24-17-10-4-3-5-11-17/h3-5,10-11H,1-2,6-9,12-16H2,(H,24,28)(H,25,27). The summed E-state index contributed by atoms with van der Waals surface area (Å²) in [6.07, 6.45) is 8.96. The molecule has 0 atom stereocenters. The molecular formula is C23H29N3O2S. The zero-order valence-corrected chi connectivity index (χ0v) is 17.7. The van der Waals surface area contributed by atoms with Gasteiger partial charge in [-0.05, 0) is 69.3 Å². The maximum Gasteiger partial charge on any atom is 0.258 e. The number of likely N-dealkylation sites (tertiary alicyclic amines) is 1. The monoisotopic (exact) mass is 411 g/mol. The Labute approximate surface area is 176 Å². The predicted octanol–water partition coefficient (Wildman–Crippen LogP) is 4.69. The lowest BCUT2D eigenvalue weighted by atomic mass is 9.95. The van der Waals surface area contributed by atoms with Crippen LogP contribution in [0.15, 0.2) is 30.3 Å². The van der Waals surface area contributed by atoms with E-state index in [1.54, 1.807) is 11.3 Å². The number of amides is 2. The Kier molecular flexibility index (Phi) is 6.62. The van der Waals surface area contributed by atoms with Gasteiger partial charge in [-0.2, -0.15) is 0 Å². The molecule has 0 radical (unpaired) electrons. The van der Waals surface area contributed by atoms with E-state index in [1.165, 1.54) is 17.7 Å². The van der Waals surface area contributed by atoms with Crippen LogP contribution in [-0.2, 0) is 17.6 Å². The number of para-hydroxylation sites is 1. The van der Waals surface area contributed by atoms with Gasteiger partial charge in [-0.25, -0.2) is 0 Å². The summed E-state index contributed by atoms with van der Waals surface area (Å²) in [5.41, 5.74) is 2.56. The molecule has 2 aliphatic rings. The minimum atomic E-state index is -0.124. The van der Waals surface area contributed by atoms with Gasteiger partial charge in [-0.1, -0.05) is 31.0 Å². The van der Waals surface area contributed by atoms with Crippen molar-refractivity contribution in [1.29, 1.82) is 0 Å². The Balaban J connectivity index is 1.52. The van der Waals surface area contributed by atoms with E-state index in [1.807, 2.05) is 30.3 Å². The van der Waals surface area contributed by atoms with E-state index in [4.69, 9.17) is 0 Å². The summed E-state index contributed by atoms with van der Waals surface area (Å²) < 4.78 is 0. The number of thiophene rings is 1. The van der Waals surface area contributed by atoms with E-state index in [0.29, 0.717) is 17.1 Å². The van der Waals surface area contributed by atoms with Gasteiger partial charge in [0, 0.05) is 10.6 Å². The van der Waals surface area contributed by atoms with Crippen LogP contribution >= 0.6 is 11.3 Å². The summed E-state index contributed by atoms with van der Waals surface area (Å²) in [6.45, 7) is 2.37. The number of hydrogen-bond acceptors (Lipinski definition) is 4. The van der Waals surface area contributed by atoms with Crippen LogP contribution in [0.5, 0.6) is 0 Å². The molecule has 4 rings (SSSR count). The van der Waals surface area contributed by atoms with Gasteiger partial charge in [0.15, 0.2) is 0 Å². The highest BCUT2D eigenvalue weighted by atomic mass is 32.1. The topological polar surface area (TPSA) is 61.4 Å². The van der Waals surface area contributed by atoms with Crippen LogP contribution in [0, 0.1) is 0 Å². The van der Waals surface area contributed by atoms with Crippen molar-refractivity contribution in [2.75, 3.05) is 30.3 Å². The van der Waals surface area contributed by atoms with Gasteiger partial charge in [0.1, 0.15) is 5.00 Å². The number of carbonyl (C=O) groups is 2. The zero-order chi connectivity index (χ0) is 20.1. The average molecular weight is 412 g/mol. The molecule has 1 aromatic heterocycles. The summed E-state index contributed by atoms with van der Waals surface area (Å²) >= 11 is 1.58. The molecule has 2 N–H and O–H groups in total. The van der Waals surface area contributed by atoms with Crippen LogP contribution in [0.25, 0.3) is 0 Å². The summed E-state index contributed by atoms with van der Waals surface area (Å²) in [6, 6.07) is 9.50. The SMILES string of the molecule is O=C(CN1CCCCCC1)Nc1sc2c(c1C(=O)Nc1ccccc1)CCCC2. The minimum absolute atomic E-state index is 0.0146. The van der Waals surface area contributed by atoms with Crippen molar-refractivity contribution < 1.29 is 9.59 Å². The fourth-order valence-corrected chi connectivity index (χ4v) is 5.58. The van der Waals surface area contributed by atoms with Crippen molar-refractivity contribution in [3.63, 3.8) is 0 Å². The van der Waals surface area contributed by atoms with Crippen LogP contribution < -0.4 is 10.6 Å². The third-order valence-electron chi connectivity index (χ3n) is 5.75. The third-order valence-corrected chi connectivity index (χ3v) is 6.96. The van der Waals surface area contributed by atoms with Gasteiger partial charge in [0.25, 0.3) is 5.91 Å². The van der Waals surface area contributed by atoms with E-state index >= 15 is 0 Å². The molecule has 1 aliphatic carbocycles. The average Bonchev–Trinajstić information content (AvgIpc) is 2.88. The van der Waals surface area contributed by atoms with Gasteiger partial charge in [0.2, 0.25) is 5.91 Å². The molecule has 0 unspecified atom stereocenters. The van der Waals surface area contributed by atoms with E-state index in [-0.39, 0.29) is 11.8 Å². The Hall–Kier alpha value is -2.18. The smallest absolute Gasteiger partial charge is 0.258 e. The molecule has 2 aromatic rings. The van der Waals surface area contributed by atoms with Crippen molar-refractivity contribution in [3.8, 4) is 0 Å². The second-order valence-corrected chi connectivity index (χ2v) is 9.08. The van der Waals surface area contributed by atoms with Gasteiger partial charge in [0.05, 0.1) is 12.1 Å². The number of fused-ring (bicyclic) bond motifs is 1. The van der Waals surface area contributed by atoms with Crippen molar-refractivity contribution in [1.82, 2.24) is 4.90 Å². The molecule has 1 saturated heterocycles. The van der Waals surface area contributed by atoms with Gasteiger partial charge in [-0.15, -0.1) is 11.3 Å². The third kappa shape index (κ3) is 5.06. The fraction of sp³-hybridized carbons (Fsp3) is 0.478. The molecule has 5 nitrogen and oxygen atoms in total. The number of rotatable bonds is 5. The number of benzene rings is 1. The second kappa shape index (κ2) is 9.55. The van der Waals surface area contributed by atoms with E-state index in [9.17, 15) is 9.59 Å². The summed E-state index contributed by atoms with van der Waals surface area (Å²) in [5.74, 6) is -0.139. The molecule has 0 saturated carbocycles.